The second-order valence-electron chi connectivity index (χ2n) is 5.83. The van der Waals surface area contributed by atoms with E-state index in [9.17, 15) is 13.2 Å². The number of carboxylic acid groups (broad SMARTS) is 1. The number of rotatable bonds is 5. The predicted octanol–water partition coefficient (Wildman–Crippen LogP) is 2.19. The van der Waals surface area contributed by atoms with Gasteiger partial charge in [0.15, 0.2) is 0 Å². The Morgan fingerprint density at radius 1 is 1.26 bits per heavy atom. The molecular formula is C16H23NO5S. The summed E-state index contributed by atoms with van der Waals surface area (Å²) in [5.74, 6) is -0.966. The molecule has 0 spiro atoms. The van der Waals surface area contributed by atoms with E-state index >= 15 is 0 Å². The summed E-state index contributed by atoms with van der Waals surface area (Å²) in [4.78, 5) is 11.2. The van der Waals surface area contributed by atoms with Gasteiger partial charge in [0.2, 0.25) is 10.0 Å². The summed E-state index contributed by atoms with van der Waals surface area (Å²) in [5.41, 5.74) is 1.85. The fourth-order valence-corrected chi connectivity index (χ4v) is 4.38. The summed E-state index contributed by atoms with van der Waals surface area (Å²) in [6.07, 6.45) is 0.673. The molecule has 0 unspecified atom stereocenters. The predicted molar refractivity (Wildman–Crippen MR) is 86.2 cm³/mol. The molecule has 0 atom stereocenters. The first-order valence-electron chi connectivity index (χ1n) is 7.74. The van der Waals surface area contributed by atoms with E-state index in [0.717, 1.165) is 11.1 Å². The molecule has 7 heteroatoms. The van der Waals surface area contributed by atoms with E-state index in [0.29, 0.717) is 25.2 Å². The number of aliphatic carboxylic acids is 1. The molecule has 23 heavy (non-hydrogen) atoms. The first kappa shape index (κ1) is 17.7. The highest BCUT2D eigenvalue weighted by Crippen LogP contribution is 2.32. The Balaban J connectivity index is 2.33. The third-order valence-electron chi connectivity index (χ3n) is 4.28. The molecule has 2 rings (SSSR count). The van der Waals surface area contributed by atoms with Crippen LogP contribution in [-0.2, 0) is 14.8 Å². The number of sulfonamides is 1. The van der Waals surface area contributed by atoms with Crippen molar-refractivity contribution >= 4 is 16.0 Å². The van der Waals surface area contributed by atoms with Gasteiger partial charge in [-0.1, -0.05) is 0 Å². The molecule has 128 valence electrons. The van der Waals surface area contributed by atoms with Crippen LogP contribution in [0.3, 0.4) is 0 Å². The normalized spacial score (nSPS) is 17.2. The largest absolute Gasteiger partial charge is 0.492 e. The Morgan fingerprint density at radius 3 is 2.35 bits per heavy atom. The molecule has 0 amide bonds. The van der Waals surface area contributed by atoms with Crippen molar-refractivity contribution in [3.05, 3.63) is 23.3 Å². The van der Waals surface area contributed by atoms with Crippen LogP contribution >= 0.6 is 0 Å². The van der Waals surface area contributed by atoms with Crippen LogP contribution in [0.15, 0.2) is 17.0 Å². The number of hydrogen-bond donors (Lipinski definition) is 1. The van der Waals surface area contributed by atoms with Crippen LogP contribution in [0.1, 0.15) is 30.9 Å². The van der Waals surface area contributed by atoms with Crippen molar-refractivity contribution in [3.8, 4) is 5.75 Å². The SMILES string of the molecule is CCOc1cc(C)c(C)cc1S(=O)(=O)N1CCC(C(=O)O)CC1. The van der Waals surface area contributed by atoms with Crippen LogP contribution in [0.2, 0.25) is 0 Å². The van der Waals surface area contributed by atoms with Gasteiger partial charge < -0.3 is 9.84 Å². The molecule has 1 aromatic carbocycles. The number of nitrogens with zero attached hydrogens (tertiary/aromatic N) is 1. The summed E-state index contributed by atoms with van der Waals surface area (Å²) in [7, 11) is -3.69. The number of hydrogen-bond acceptors (Lipinski definition) is 4. The summed E-state index contributed by atoms with van der Waals surface area (Å²) in [6.45, 7) is 6.40. The van der Waals surface area contributed by atoms with Gasteiger partial charge >= 0.3 is 5.97 Å². The lowest BCUT2D eigenvalue weighted by molar-refractivity contribution is -0.142. The summed E-state index contributed by atoms with van der Waals surface area (Å²) in [6, 6.07) is 3.38. The van der Waals surface area contributed by atoms with E-state index < -0.39 is 21.9 Å². The van der Waals surface area contributed by atoms with Crippen LogP contribution in [0.4, 0.5) is 0 Å². The number of carbonyl (C=O) groups is 1. The number of ether oxygens (including phenoxy) is 1. The summed E-state index contributed by atoms with van der Waals surface area (Å²) in [5, 5.41) is 9.04. The van der Waals surface area contributed by atoms with Crippen molar-refractivity contribution < 1.29 is 23.1 Å². The molecule has 0 aromatic heterocycles. The van der Waals surface area contributed by atoms with Crippen molar-refractivity contribution in [2.75, 3.05) is 19.7 Å². The molecule has 1 saturated heterocycles. The van der Waals surface area contributed by atoms with Crippen LogP contribution in [0.25, 0.3) is 0 Å². The van der Waals surface area contributed by atoms with Gasteiger partial charge in [0.1, 0.15) is 10.6 Å². The lowest BCUT2D eigenvalue weighted by Gasteiger charge is -2.30. The van der Waals surface area contributed by atoms with Gasteiger partial charge in [-0.3, -0.25) is 4.79 Å². The molecule has 1 heterocycles. The van der Waals surface area contributed by atoms with E-state index in [1.54, 1.807) is 12.1 Å². The monoisotopic (exact) mass is 341 g/mol. The molecular weight excluding hydrogens is 318 g/mol. The minimum atomic E-state index is -3.69. The summed E-state index contributed by atoms with van der Waals surface area (Å²) < 4.78 is 32.7. The number of piperidine rings is 1. The average Bonchev–Trinajstić information content (AvgIpc) is 2.51. The molecule has 0 radical (unpaired) electrons. The number of carboxylic acids is 1. The third-order valence-corrected chi connectivity index (χ3v) is 6.20. The highest BCUT2D eigenvalue weighted by Gasteiger charge is 2.33. The Hall–Kier alpha value is -1.60. The third kappa shape index (κ3) is 3.67. The fraction of sp³-hybridized carbons (Fsp3) is 0.562. The van der Waals surface area contributed by atoms with Crippen molar-refractivity contribution in [2.45, 2.75) is 38.5 Å². The topological polar surface area (TPSA) is 83.9 Å². The first-order valence-corrected chi connectivity index (χ1v) is 9.18. The number of benzene rings is 1. The fourth-order valence-electron chi connectivity index (χ4n) is 2.72. The lowest BCUT2D eigenvalue weighted by atomic mass is 9.99. The zero-order valence-corrected chi connectivity index (χ0v) is 14.5. The van der Waals surface area contributed by atoms with Crippen molar-refractivity contribution in [3.63, 3.8) is 0 Å². The van der Waals surface area contributed by atoms with Gasteiger partial charge in [-0.2, -0.15) is 4.31 Å². The molecule has 0 saturated carbocycles. The summed E-state index contributed by atoms with van der Waals surface area (Å²) >= 11 is 0. The van der Waals surface area contributed by atoms with Gasteiger partial charge in [-0.15, -0.1) is 0 Å². The molecule has 1 aromatic rings. The average molecular weight is 341 g/mol. The molecule has 0 aliphatic carbocycles. The van der Waals surface area contributed by atoms with E-state index in [1.165, 1.54) is 4.31 Å². The van der Waals surface area contributed by atoms with Gasteiger partial charge in [-0.05, 0) is 56.9 Å². The van der Waals surface area contributed by atoms with E-state index in [1.807, 2.05) is 20.8 Å². The van der Waals surface area contributed by atoms with Gasteiger partial charge in [0.25, 0.3) is 0 Å². The zero-order chi connectivity index (χ0) is 17.2. The van der Waals surface area contributed by atoms with Crippen LogP contribution < -0.4 is 4.74 Å². The smallest absolute Gasteiger partial charge is 0.306 e. The van der Waals surface area contributed by atoms with Gasteiger partial charge in [0.05, 0.1) is 12.5 Å². The van der Waals surface area contributed by atoms with E-state index in [-0.39, 0.29) is 18.0 Å². The highest BCUT2D eigenvalue weighted by molar-refractivity contribution is 7.89. The van der Waals surface area contributed by atoms with E-state index in [4.69, 9.17) is 9.84 Å². The van der Waals surface area contributed by atoms with Crippen LogP contribution in [0.5, 0.6) is 5.75 Å². The number of aryl methyl sites for hydroxylation is 2. The second kappa shape index (κ2) is 6.88. The Kier molecular flexibility index (Phi) is 5.31. The molecule has 1 N–H and O–H groups in total. The van der Waals surface area contributed by atoms with Gasteiger partial charge in [0, 0.05) is 13.1 Å². The zero-order valence-electron chi connectivity index (χ0n) is 13.7. The molecule has 0 bridgehead atoms. The highest BCUT2D eigenvalue weighted by atomic mass is 32.2. The Labute approximate surface area is 137 Å². The maximum atomic E-state index is 12.9. The van der Waals surface area contributed by atoms with Crippen LogP contribution in [-0.4, -0.2) is 43.5 Å². The molecule has 6 nitrogen and oxygen atoms in total. The maximum Gasteiger partial charge on any atom is 0.306 e. The van der Waals surface area contributed by atoms with Crippen molar-refractivity contribution in [1.29, 1.82) is 0 Å². The molecule has 1 aliphatic rings. The van der Waals surface area contributed by atoms with Crippen LogP contribution in [0, 0.1) is 19.8 Å². The minimum Gasteiger partial charge on any atom is -0.492 e. The Bertz CT molecular complexity index is 691. The van der Waals surface area contributed by atoms with Crippen molar-refractivity contribution in [2.24, 2.45) is 5.92 Å². The Morgan fingerprint density at radius 2 is 1.83 bits per heavy atom. The van der Waals surface area contributed by atoms with E-state index in [2.05, 4.69) is 0 Å². The minimum absolute atomic E-state index is 0.163. The quantitative estimate of drug-likeness (QED) is 0.887. The maximum absolute atomic E-state index is 12.9. The molecule has 1 fully saturated rings. The first-order chi connectivity index (χ1) is 10.8. The standard InChI is InChI=1S/C16H23NO5S/c1-4-22-14-9-11(2)12(3)10-15(14)23(20,21)17-7-5-13(6-8-17)16(18)19/h9-10,13H,4-8H2,1-3H3,(H,18,19). The second-order valence-corrected chi connectivity index (χ2v) is 7.74. The lowest BCUT2D eigenvalue weighted by Crippen LogP contribution is -2.40. The van der Waals surface area contributed by atoms with Gasteiger partial charge in [-0.25, -0.2) is 8.42 Å². The van der Waals surface area contributed by atoms with Crippen molar-refractivity contribution in [1.82, 2.24) is 4.31 Å². The molecule has 1 aliphatic heterocycles.